The highest BCUT2D eigenvalue weighted by molar-refractivity contribution is 6.31. The van der Waals surface area contributed by atoms with Crippen LogP contribution in [0.5, 0.6) is 0 Å². The lowest BCUT2D eigenvalue weighted by Crippen LogP contribution is -2.27. The Balaban J connectivity index is 2.17. The maximum absolute atomic E-state index is 6.12. The second-order valence-electron chi connectivity index (χ2n) is 4.96. The first-order valence-electron chi connectivity index (χ1n) is 6.97. The molecule has 1 saturated heterocycles. The third-order valence-electron chi connectivity index (χ3n) is 3.56. The lowest BCUT2D eigenvalue weighted by atomic mass is 9.99. The smallest absolute Gasteiger partial charge is 0.249 e. The van der Waals surface area contributed by atoms with E-state index in [1.165, 1.54) is 12.8 Å². The summed E-state index contributed by atoms with van der Waals surface area (Å²) in [5, 5.41) is 5.26. The van der Waals surface area contributed by atoms with Crippen LogP contribution < -0.4 is 5.32 Å². The summed E-state index contributed by atoms with van der Waals surface area (Å²) in [6, 6.07) is 6.00. The SMILES string of the molecule is C/C=N/c1nc(C2CCCCN2)c2cc(Cl)ccc2n1. The summed E-state index contributed by atoms with van der Waals surface area (Å²) >= 11 is 6.12. The van der Waals surface area contributed by atoms with Gasteiger partial charge in [0.25, 0.3) is 0 Å². The predicted octanol–water partition coefficient (Wildman–Crippen LogP) is 3.82. The number of fused-ring (bicyclic) bond motifs is 1. The van der Waals surface area contributed by atoms with E-state index >= 15 is 0 Å². The molecule has 0 amide bonds. The Morgan fingerprint density at radius 1 is 1.35 bits per heavy atom. The number of halogens is 1. The minimum absolute atomic E-state index is 0.263. The van der Waals surface area contributed by atoms with Crippen molar-refractivity contribution in [2.24, 2.45) is 4.99 Å². The molecule has 2 heterocycles. The van der Waals surface area contributed by atoms with Crippen molar-refractivity contribution in [3.8, 4) is 0 Å². The van der Waals surface area contributed by atoms with E-state index in [-0.39, 0.29) is 6.04 Å². The van der Waals surface area contributed by atoms with Crippen molar-refractivity contribution >= 4 is 34.7 Å². The second kappa shape index (κ2) is 5.85. The van der Waals surface area contributed by atoms with Crippen LogP contribution >= 0.6 is 11.6 Å². The maximum atomic E-state index is 6.12. The van der Waals surface area contributed by atoms with E-state index in [1.54, 1.807) is 6.21 Å². The van der Waals surface area contributed by atoms with Crippen LogP contribution in [0.2, 0.25) is 5.02 Å². The Morgan fingerprint density at radius 3 is 3.00 bits per heavy atom. The topological polar surface area (TPSA) is 50.2 Å². The molecule has 1 aromatic heterocycles. The average Bonchev–Trinajstić information content (AvgIpc) is 2.48. The van der Waals surface area contributed by atoms with Crippen LogP contribution in [-0.2, 0) is 0 Å². The monoisotopic (exact) mass is 288 g/mol. The Hall–Kier alpha value is -1.52. The number of aromatic nitrogens is 2. The zero-order valence-electron chi connectivity index (χ0n) is 11.4. The van der Waals surface area contributed by atoms with E-state index in [0.29, 0.717) is 11.0 Å². The van der Waals surface area contributed by atoms with Crippen LogP contribution in [0.3, 0.4) is 0 Å². The number of aliphatic imine (C=N–C) groups is 1. The summed E-state index contributed by atoms with van der Waals surface area (Å²) in [4.78, 5) is 13.3. The van der Waals surface area contributed by atoms with Gasteiger partial charge in [0.05, 0.1) is 17.3 Å². The Morgan fingerprint density at radius 2 is 2.25 bits per heavy atom. The molecule has 3 rings (SSSR count). The van der Waals surface area contributed by atoms with Crippen molar-refractivity contribution in [1.29, 1.82) is 0 Å². The van der Waals surface area contributed by atoms with Crippen LogP contribution in [0.1, 0.15) is 37.9 Å². The van der Waals surface area contributed by atoms with Gasteiger partial charge in [-0.3, -0.25) is 0 Å². The molecule has 1 aliphatic rings. The molecular formula is C15H17ClN4. The fraction of sp³-hybridized carbons (Fsp3) is 0.400. The molecule has 0 bridgehead atoms. The summed E-state index contributed by atoms with van der Waals surface area (Å²) < 4.78 is 0. The van der Waals surface area contributed by atoms with Crippen molar-refractivity contribution in [3.05, 3.63) is 28.9 Å². The van der Waals surface area contributed by atoms with Crippen LogP contribution in [0.25, 0.3) is 10.9 Å². The third kappa shape index (κ3) is 2.67. The summed E-state index contributed by atoms with van der Waals surface area (Å²) in [6.45, 7) is 2.90. The number of rotatable bonds is 2. The molecule has 20 heavy (non-hydrogen) atoms. The average molecular weight is 289 g/mol. The summed E-state index contributed by atoms with van der Waals surface area (Å²) in [5.74, 6) is 0.518. The summed E-state index contributed by atoms with van der Waals surface area (Å²) in [6.07, 6.45) is 5.25. The van der Waals surface area contributed by atoms with Crippen LogP contribution in [0.15, 0.2) is 23.2 Å². The molecule has 1 unspecified atom stereocenters. The van der Waals surface area contributed by atoms with Gasteiger partial charge in [-0.1, -0.05) is 18.0 Å². The quantitative estimate of drug-likeness (QED) is 0.855. The van der Waals surface area contributed by atoms with E-state index in [4.69, 9.17) is 11.6 Å². The van der Waals surface area contributed by atoms with Crippen molar-refractivity contribution in [3.63, 3.8) is 0 Å². The lowest BCUT2D eigenvalue weighted by molar-refractivity contribution is 0.407. The molecule has 5 heteroatoms. The van der Waals surface area contributed by atoms with E-state index in [2.05, 4.69) is 20.3 Å². The highest BCUT2D eigenvalue weighted by Gasteiger charge is 2.20. The van der Waals surface area contributed by atoms with Crippen molar-refractivity contribution in [1.82, 2.24) is 15.3 Å². The highest BCUT2D eigenvalue weighted by Crippen LogP contribution is 2.30. The molecule has 1 aliphatic heterocycles. The van der Waals surface area contributed by atoms with Gasteiger partial charge >= 0.3 is 0 Å². The molecule has 1 aromatic carbocycles. The van der Waals surface area contributed by atoms with Gasteiger partial charge in [-0.25, -0.2) is 15.0 Å². The van der Waals surface area contributed by atoms with Gasteiger partial charge in [0.2, 0.25) is 5.95 Å². The molecule has 0 spiro atoms. The molecule has 1 N–H and O–H groups in total. The molecule has 1 atom stereocenters. The predicted molar refractivity (Wildman–Crippen MR) is 83.0 cm³/mol. The Labute approximate surface area is 123 Å². The van der Waals surface area contributed by atoms with Crippen LogP contribution in [0.4, 0.5) is 5.95 Å². The maximum Gasteiger partial charge on any atom is 0.249 e. The number of hydrogen-bond donors (Lipinski definition) is 1. The van der Waals surface area contributed by atoms with Gasteiger partial charge in [-0.15, -0.1) is 0 Å². The molecular weight excluding hydrogens is 272 g/mol. The number of nitrogens with one attached hydrogen (secondary N) is 1. The summed E-state index contributed by atoms with van der Waals surface area (Å²) in [7, 11) is 0. The van der Waals surface area contributed by atoms with Crippen LogP contribution in [0, 0.1) is 0 Å². The Kier molecular flexibility index (Phi) is 3.94. The molecule has 0 saturated carbocycles. The van der Waals surface area contributed by atoms with Gasteiger partial charge in [-0.05, 0) is 44.5 Å². The molecule has 4 nitrogen and oxygen atoms in total. The Bertz CT molecular complexity index is 648. The van der Waals surface area contributed by atoms with Gasteiger partial charge in [0.15, 0.2) is 0 Å². The zero-order valence-corrected chi connectivity index (χ0v) is 12.2. The van der Waals surface area contributed by atoms with E-state index in [9.17, 15) is 0 Å². The summed E-state index contributed by atoms with van der Waals surface area (Å²) in [5.41, 5.74) is 1.91. The normalized spacial score (nSPS) is 19.8. The first kappa shape index (κ1) is 13.5. The van der Waals surface area contributed by atoms with Crippen molar-refractivity contribution in [2.45, 2.75) is 32.2 Å². The van der Waals surface area contributed by atoms with Crippen molar-refractivity contribution < 1.29 is 0 Å². The lowest BCUT2D eigenvalue weighted by Gasteiger charge is -2.24. The van der Waals surface area contributed by atoms with Gasteiger partial charge in [-0.2, -0.15) is 0 Å². The van der Waals surface area contributed by atoms with Gasteiger partial charge in [0, 0.05) is 16.6 Å². The largest absolute Gasteiger partial charge is 0.309 e. The molecule has 2 aromatic rings. The van der Waals surface area contributed by atoms with Gasteiger partial charge < -0.3 is 5.32 Å². The first-order valence-corrected chi connectivity index (χ1v) is 7.35. The molecule has 0 radical (unpaired) electrons. The second-order valence-corrected chi connectivity index (χ2v) is 5.40. The molecule has 0 aliphatic carbocycles. The minimum atomic E-state index is 0.263. The molecule has 1 fully saturated rings. The minimum Gasteiger partial charge on any atom is -0.309 e. The fourth-order valence-electron chi connectivity index (χ4n) is 2.64. The number of piperidine rings is 1. The van der Waals surface area contributed by atoms with E-state index in [1.807, 2.05) is 25.1 Å². The van der Waals surface area contributed by atoms with Crippen molar-refractivity contribution in [2.75, 3.05) is 6.54 Å². The molecule has 104 valence electrons. The van der Waals surface area contributed by atoms with E-state index in [0.717, 1.165) is 29.6 Å². The third-order valence-corrected chi connectivity index (χ3v) is 3.80. The highest BCUT2D eigenvalue weighted by atomic mass is 35.5. The van der Waals surface area contributed by atoms with Gasteiger partial charge in [0.1, 0.15) is 0 Å². The van der Waals surface area contributed by atoms with Crippen LogP contribution in [-0.4, -0.2) is 22.7 Å². The van der Waals surface area contributed by atoms with E-state index < -0.39 is 0 Å². The number of nitrogens with zero attached hydrogens (tertiary/aromatic N) is 3. The fourth-order valence-corrected chi connectivity index (χ4v) is 2.81. The standard InChI is InChI=1S/C15H17ClN4/c1-2-17-15-19-12-7-6-10(16)9-11(12)14(20-15)13-5-3-4-8-18-13/h2,6-7,9,13,18H,3-5,8H2,1H3/b17-2+. The number of hydrogen-bond acceptors (Lipinski definition) is 4. The first-order chi connectivity index (χ1) is 9.78. The number of benzene rings is 1. The zero-order chi connectivity index (χ0) is 13.9.